The Bertz CT molecular complexity index is 3830. The predicted molar refractivity (Wildman–Crippen MR) is 242 cm³/mol. The highest BCUT2D eigenvalue weighted by molar-refractivity contribution is 7.25. The molecule has 0 spiro atoms. The van der Waals surface area contributed by atoms with Gasteiger partial charge in [-0.15, -0.1) is 11.3 Å². The van der Waals surface area contributed by atoms with E-state index < -0.39 is 0 Å². The van der Waals surface area contributed by atoms with E-state index in [1.807, 2.05) is 11.3 Å². The Morgan fingerprint density at radius 1 is 0.368 bits per heavy atom. The van der Waals surface area contributed by atoms with Crippen molar-refractivity contribution in [2.45, 2.75) is 0 Å². The van der Waals surface area contributed by atoms with Crippen LogP contribution in [0.25, 0.3) is 119 Å². The Morgan fingerprint density at radius 3 is 1.93 bits per heavy atom. The van der Waals surface area contributed by atoms with Crippen LogP contribution in [0.3, 0.4) is 0 Å². The molecule has 264 valence electrons. The third kappa shape index (κ3) is 4.37. The summed E-state index contributed by atoms with van der Waals surface area (Å²) >= 11 is 1.84. The molecule has 0 bridgehead atoms. The molecule has 57 heavy (non-hydrogen) atoms. The summed E-state index contributed by atoms with van der Waals surface area (Å²) in [7, 11) is 0. The lowest BCUT2D eigenvalue weighted by Gasteiger charge is -2.14. The molecule has 0 aliphatic rings. The first kappa shape index (κ1) is 30.9. The van der Waals surface area contributed by atoms with E-state index in [-0.39, 0.29) is 0 Å². The Balaban J connectivity index is 1.09. The zero-order valence-electron chi connectivity index (χ0n) is 30.5. The summed E-state index contributed by atoms with van der Waals surface area (Å²) in [4.78, 5) is 10.8. The van der Waals surface area contributed by atoms with Crippen molar-refractivity contribution in [3.63, 3.8) is 0 Å². The van der Waals surface area contributed by atoms with Crippen molar-refractivity contribution >= 4 is 108 Å². The number of nitrogens with zero attached hydrogens (tertiary/aromatic N) is 4. The number of thiophene rings is 1. The molecule has 9 aromatic carbocycles. The number of hydrogen-bond donors (Lipinski definition) is 0. The van der Waals surface area contributed by atoms with Crippen LogP contribution in [0.5, 0.6) is 0 Å². The normalized spacial score (nSPS) is 12.2. The van der Waals surface area contributed by atoms with E-state index in [0.717, 1.165) is 44.3 Å². The van der Waals surface area contributed by atoms with Gasteiger partial charge in [0.15, 0.2) is 0 Å². The molecule has 4 nitrogen and oxygen atoms in total. The molecule has 0 atom stereocenters. The smallest absolute Gasteiger partial charge is 0.235 e. The Hall–Kier alpha value is -7.34. The minimum absolute atomic E-state index is 0.662. The Labute approximate surface area is 330 Å². The van der Waals surface area contributed by atoms with E-state index in [9.17, 15) is 0 Å². The zero-order valence-corrected chi connectivity index (χ0v) is 31.3. The van der Waals surface area contributed by atoms with E-state index in [0.29, 0.717) is 5.95 Å². The molecular formula is C52H30N4S. The van der Waals surface area contributed by atoms with Crippen LogP contribution in [0, 0.1) is 0 Å². The largest absolute Gasteiger partial charge is 0.308 e. The maximum absolute atomic E-state index is 5.47. The highest BCUT2D eigenvalue weighted by Gasteiger charge is 2.21. The summed E-state index contributed by atoms with van der Waals surface area (Å²) < 4.78 is 7.32. The molecule has 0 aliphatic heterocycles. The molecule has 0 N–H and O–H groups in total. The van der Waals surface area contributed by atoms with Gasteiger partial charge in [0.1, 0.15) is 0 Å². The van der Waals surface area contributed by atoms with Gasteiger partial charge >= 0.3 is 0 Å². The van der Waals surface area contributed by atoms with Gasteiger partial charge in [-0.2, -0.15) is 0 Å². The minimum Gasteiger partial charge on any atom is -0.308 e. The van der Waals surface area contributed by atoms with Crippen molar-refractivity contribution in [3.05, 3.63) is 182 Å². The summed E-state index contributed by atoms with van der Waals surface area (Å²) in [5.41, 5.74) is 8.68. The van der Waals surface area contributed by atoms with Crippen molar-refractivity contribution in [2.75, 3.05) is 0 Å². The maximum atomic E-state index is 5.47. The Morgan fingerprint density at radius 2 is 1.05 bits per heavy atom. The summed E-state index contributed by atoms with van der Waals surface area (Å²) in [5, 5.41) is 13.3. The third-order valence-electron chi connectivity index (χ3n) is 11.9. The second kappa shape index (κ2) is 11.6. The lowest BCUT2D eigenvalue weighted by atomic mass is 10.0. The monoisotopic (exact) mass is 742 g/mol. The molecule has 0 saturated carbocycles. The number of fused-ring (bicyclic) bond motifs is 13. The van der Waals surface area contributed by atoms with Gasteiger partial charge in [-0.25, -0.2) is 9.97 Å². The number of aromatic nitrogens is 4. The van der Waals surface area contributed by atoms with Crippen molar-refractivity contribution < 1.29 is 0 Å². The van der Waals surface area contributed by atoms with Crippen LogP contribution in [0.4, 0.5) is 0 Å². The van der Waals surface area contributed by atoms with Crippen molar-refractivity contribution in [2.24, 2.45) is 0 Å². The second-order valence-corrected chi connectivity index (χ2v) is 16.0. The molecule has 0 unspecified atom stereocenters. The first-order valence-electron chi connectivity index (χ1n) is 19.3. The quantitative estimate of drug-likeness (QED) is 0.181. The molecule has 0 saturated heterocycles. The van der Waals surface area contributed by atoms with Crippen molar-refractivity contribution in [1.29, 1.82) is 0 Å². The molecule has 4 aromatic heterocycles. The minimum atomic E-state index is 0.662. The molecule has 0 amide bonds. The van der Waals surface area contributed by atoms with E-state index in [2.05, 4.69) is 191 Å². The van der Waals surface area contributed by atoms with Gasteiger partial charge in [-0.1, -0.05) is 127 Å². The average molecular weight is 743 g/mol. The fraction of sp³-hybridized carbons (Fsp3) is 0. The summed E-state index contributed by atoms with van der Waals surface area (Å²) in [6.07, 6.45) is 0. The van der Waals surface area contributed by atoms with Gasteiger partial charge in [-0.05, 0) is 65.4 Å². The predicted octanol–water partition coefficient (Wildman–Crippen LogP) is 14.2. The first-order chi connectivity index (χ1) is 28.3. The Kier molecular flexibility index (Phi) is 6.29. The van der Waals surface area contributed by atoms with E-state index in [1.165, 1.54) is 68.9 Å². The molecule has 0 aliphatic carbocycles. The van der Waals surface area contributed by atoms with Crippen LogP contribution >= 0.6 is 11.3 Å². The molecule has 13 aromatic rings. The van der Waals surface area contributed by atoms with Gasteiger partial charge in [-0.3, -0.25) is 4.57 Å². The summed E-state index contributed by atoms with van der Waals surface area (Å²) in [5.74, 6) is 0.662. The average Bonchev–Trinajstić information content (AvgIpc) is 3.92. The van der Waals surface area contributed by atoms with Crippen LogP contribution in [-0.4, -0.2) is 19.1 Å². The third-order valence-corrected chi connectivity index (χ3v) is 13.0. The molecule has 0 fully saturated rings. The SMILES string of the molecule is c1cc(-n2c3ccccc3c3ccc4ccccc4c32)c2cc3c4ccccc4n(-c4nc(-c5ccc6sc7ccccc7c6c5)c5ccccc5n4)c3cc2c1. The fourth-order valence-electron chi connectivity index (χ4n) is 9.37. The lowest BCUT2D eigenvalue weighted by Crippen LogP contribution is -2.03. The van der Waals surface area contributed by atoms with Crippen molar-refractivity contribution in [3.8, 4) is 22.9 Å². The van der Waals surface area contributed by atoms with Crippen molar-refractivity contribution in [1.82, 2.24) is 19.1 Å². The summed E-state index contributed by atoms with van der Waals surface area (Å²) in [6.45, 7) is 0. The fourth-order valence-corrected chi connectivity index (χ4v) is 10.5. The first-order valence-corrected chi connectivity index (χ1v) is 20.1. The van der Waals surface area contributed by atoms with Crippen LogP contribution < -0.4 is 0 Å². The van der Waals surface area contributed by atoms with Gasteiger partial charge in [0.05, 0.1) is 39.0 Å². The number of para-hydroxylation sites is 3. The number of hydrogen-bond acceptors (Lipinski definition) is 3. The van der Waals surface area contributed by atoms with Crippen LogP contribution in [0.1, 0.15) is 0 Å². The molecule has 5 heteroatoms. The second-order valence-electron chi connectivity index (χ2n) is 15.0. The van der Waals surface area contributed by atoms with Gasteiger partial charge < -0.3 is 4.57 Å². The zero-order chi connectivity index (χ0) is 37.2. The van der Waals surface area contributed by atoms with Gasteiger partial charge in [0, 0.05) is 63.4 Å². The lowest BCUT2D eigenvalue weighted by molar-refractivity contribution is 1.01. The van der Waals surface area contributed by atoms with Crippen LogP contribution in [0.2, 0.25) is 0 Å². The number of rotatable bonds is 3. The summed E-state index contributed by atoms with van der Waals surface area (Å²) in [6, 6.07) is 66.0. The highest BCUT2D eigenvalue weighted by Crippen LogP contribution is 2.42. The van der Waals surface area contributed by atoms with Gasteiger partial charge in [0.25, 0.3) is 0 Å². The van der Waals surface area contributed by atoms with E-state index in [4.69, 9.17) is 9.97 Å². The van der Waals surface area contributed by atoms with Gasteiger partial charge in [0.2, 0.25) is 5.95 Å². The molecule has 13 rings (SSSR count). The van der Waals surface area contributed by atoms with E-state index in [1.54, 1.807) is 0 Å². The van der Waals surface area contributed by atoms with E-state index >= 15 is 0 Å². The van der Waals surface area contributed by atoms with Crippen LogP contribution in [-0.2, 0) is 0 Å². The molecule has 0 radical (unpaired) electrons. The maximum Gasteiger partial charge on any atom is 0.235 e. The number of benzene rings is 9. The standard InChI is InChI=1S/C52H30N4S/c1-2-14-34-31(12-1)24-26-38-35-15-4-8-20-44(35)55(51(34)38)46-22-11-13-32-29-47-41(30-40(32)46)36-16-5-9-21-45(36)56(47)52-53-43-19-7-3-18-39(43)50(54-52)33-25-27-49-42(28-33)37-17-6-10-23-48(37)57-49/h1-30H. The molecule has 4 heterocycles. The molecular weight excluding hydrogens is 713 g/mol. The highest BCUT2D eigenvalue weighted by atomic mass is 32.1. The van der Waals surface area contributed by atoms with Crippen LogP contribution in [0.15, 0.2) is 182 Å². The topological polar surface area (TPSA) is 35.6 Å².